The fraction of sp³-hybridized carbons (Fsp3) is 0.500. The van der Waals surface area contributed by atoms with Crippen molar-refractivity contribution in [3.05, 3.63) is 22.8 Å². The second-order valence-electron chi connectivity index (χ2n) is 4.55. The smallest absolute Gasteiger partial charge is 0.243 e. The van der Waals surface area contributed by atoms with Crippen LogP contribution >= 0.6 is 15.9 Å². The molecule has 2 aromatic heterocycles. The lowest BCUT2D eigenvalue weighted by atomic mass is 10.0. The Labute approximate surface area is 114 Å². The average molecular weight is 311 g/mol. The van der Waals surface area contributed by atoms with Gasteiger partial charge in [0.2, 0.25) is 5.95 Å². The number of ether oxygens (including phenoxy) is 1. The van der Waals surface area contributed by atoms with Gasteiger partial charge in [-0.25, -0.2) is 4.52 Å². The van der Waals surface area contributed by atoms with Gasteiger partial charge in [0.05, 0.1) is 6.61 Å². The highest BCUT2D eigenvalue weighted by molar-refractivity contribution is 9.10. The second-order valence-corrected chi connectivity index (χ2v) is 5.47. The van der Waals surface area contributed by atoms with Crippen LogP contribution in [0.4, 0.5) is 5.95 Å². The van der Waals surface area contributed by atoms with Gasteiger partial charge < -0.3 is 10.1 Å². The maximum absolute atomic E-state index is 5.45. The zero-order valence-electron chi connectivity index (χ0n) is 9.97. The van der Waals surface area contributed by atoms with Crippen LogP contribution in [0.15, 0.2) is 22.8 Å². The molecule has 0 aromatic carbocycles. The van der Waals surface area contributed by atoms with Crippen LogP contribution in [0.1, 0.15) is 12.8 Å². The Hall–Kier alpha value is -1.14. The van der Waals surface area contributed by atoms with Gasteiger partial charge in [-0.2, -0.15) is 4.98 Å². The number of hydrogen-bond acceptors (Lipinski definition) is 4. The van der Waals surface area contributed by atoms with E-state index in [9.17, 15) is 0 Å². The lowest BCUT2D eigenvalue weighted by Gasteiger charge is -2.21. The number of nitrogens with one attached hydrogen (secondary N) is 1. The van der Waals surface area contributed by atoms with Crippen LogP contribution in [0.2, 0.25) is 0 Å². The standard InChI is InChI=1S/C12H15BrN4O/c13-10-3-4-11-15-12(16-17(11)7-10)14-6-9-2-1-5-18-8-9/h3-4,7,9H,1-2,5-6,8H2,(H,14,16). The van der Waals surface area contributed by atoms with Crippen LogP contribution in [0.3, 0.4) is 0 Å². The monoisotopic (exact) mass is 310 g/mol. The van der Waals surface area contributed by atoms with Crippen LogP contribution in [-0.2, 0) is 4.74 Å². The summed E-state index contributed by atoms with van der Waals surface area (Å²) in [6.45, 7) is 2.61. The van der Waals surface area contributed by atoms with Gasteiger partial charge in [0.25, 0.3) is 0 Å². The summed E-state index contributed by atoms with van der Waals surface area (Å²) in [7, 11) is 0. The zero-order valence-corrected chi connectivity index (χ0v) is 11.6. The third-order valence-electron chi connectivity index (χ3n) is 3.10. The Kier molecular flexibility index (Phi) is 3.47. The van der Waals surface area contributed by atoms with Crippen LogP contribution in [0, 0.1) is 5.92 Å². The lowest BCUT2D eigenvalue weighted by molar-refractivity contribution is 0.0594. The Bertz CT molecular complexity index is 536. The molecule has 2 aromatic rings. The molecule has 1 aliphatic heterocycles. The van der Waals surface area contributed by atoms with Gasteiger partial charge in [-0.1, -0.05) is 0 Å². The highest BCUT2D eigenvalue weighted by Gasteiger charge is 2.14. The highest BCUT2D eigenvalue weighted by atomic mass is 79.9. The Balaban J connectivity index is 1.67. The quantitative estimate of drug-likeness (QED) is 0.945. The highest BCUT2D eigenvalue weighted by Crippen LogP contribution is 2.15. The Morgan fingerprint density at radius 1 is 1.50 bits per heavy atom. The maximum Gasteiger partial charge on any atom is 0.243 e. The van der Waals surface area contributed by atoms with E-state index >= 15 is 0 Å². The Morgan fingerprint density at radius 3 is 3.28 bits per heavy atom. The molecular weight excluding hydrogens is 296 g/mol. The summed E-state index contributed by atoms with van der Waals surface area (Å²) in [6, 6.07) is 3.90. The van der Waals surface area contributed by atoms with E-state index in [0.717, 1.165) is 36.3 Å². The first-order chi connectivity index (χ1) is 8.81. The van der Waals surface area contributed by atoms with Gasteiger partial charge in [0.15, 0.2) is 5.65 Å². The van der Waals surface area contributed by atoms with Crippen molar-refractivity contribution in [1.82, 2.24) is 14.6 Å². The third kappa shape index (κ3) is 2.64. The number of anilines is 1. The lowest BCUT2D eigenvalue weighted by Crippen LogP contribution is -2.24. The molecule has 3 rings (SSSR count). The van der Waals surface area contributed by atoms with Gasteiger partial charge in [-0.15, -0.1) is 5.10 Å². The molecule has 0 spiro atoms. The van der Waals surface area contributed by atoms with Crippen molar-refractivity contribution in [1.29, 1.82) is 0 Å². The summed E-state index contributed by atoms with van der Waals surface area (Å²) in [4.78, 5) is 4.42. The fourth-order valence-electron chi connectivity index (χ4n) is 2.14. The predicted molar refractivity (Wildman–Crippen MR) is 72.7 cm³/mol. The molecule has 5 nitrogen and oxygen atoms in total. The molecule has 1 fully saturated rings. The van der Waals surface area contributed by atoms with Gasteiger partial charge in [-0.3, -0.25) is 0 Å². The molecule has 0 saturated carbocycles. The van der Waals surface area contributed by atoms with E-state index in [1.165, 1.54) is 6.42 Å². The van der Waals surface area contributed by atoms with E-state index in [0.29, 0.717) is 11.9 Å². The van der Waals surface area contributed by atoms with E-state index in [1.807, 2.05) is 18.3 Å². The number of fused-ring (bicyclic) bond motifs is 1. The van der Waals surface area contributed by atoms with Crippen molar-refractivity contribution in [2.75, 3.05) is 25.1 Å². The summed E-state index contributed by atoms with van der Waals surface area (Å²) >= 11 is 3.42. The number of rotatable bonds is 3. The van der Waals surface area contributed by atoms with E-state index in [4.69, 9.17) is 4.74 Å². The molecule has 1 unspecified atom stereocenters. The molecule has 0 radical (unpaired) electrons. The molecule has 0 amide bonds. The van der Waals surface area contributed by atoms with Crippen molar-refractivity contribution >= 4 is 27.5 Å². The topological polar surface area (TPSA) is 51.5 Å². The number of hydrogen-bond donors (Lipinski definition) is 1. The molecule has 6 heteroatoms. The minimum atomic E-state index is 0.567. The number of pyridine rings is 1. The SMILES string of the molecule is Brc1ccc2nc(NCC3CCCOC3)nn2c1. The number of nitrogens with zero attached hydrogens (tertiary/aromatic N) is 3. The number of halogens is 1. The summed E-state index contributed by atoms with van der Waals surface area (Å²) in [5.41, 5.74) is 0.848. The van der Waals surface area contributed by atoms with Crippen molar-refractivity contribution < 1.29 is 4.74 Å². The van der Waals surface area contributed by atoms with Crippen LogP contribution in [0.5, 0.6) is 0 Å². The minimum Gasteiger partial charge on any atom is -0.381 e. The van der Waals surface area contributed by atoms with Gasteiger partial charge in [0.1, 0.15) is 0 Å². The number of aromatic nitrogens is 3. The molecular formula is C12H15BrN4O. The first-order valence-corrected chi connectivity index (χ1v) is 6.94. The van der Waals surface area contributed by atoms with E-state index < -0.39 is 0 Å². The zero-order chi connectivity index (χ0) is 12.4. The van der Waals surface area contributed by atoms with Crippen LogP contribution in [-0.4, -0.2) is 34.4 Å². The molecule has 0 aliphatic carbocycles. The molecule has 18 heavy (non-hydrogen) atoms. The van der Waals surface area contributed by atoms with Crippen LogP contribution < -0.4 is 5.32 Å². The molecule has 1 saturated heterocycles. The largest absolute Gasteiger partial charge is 0.381 e. The second kappa shape index (κ2) is 5.24. The van der Waals surface area contributed by atoms with Gasteiger partial charge >= 0.3 is 0 Å². The molecule has 3 heterocycles. The minimum absolute atomic E-state index is 0.567. The summed E-state index contributed by atoms with van der Waals surface area (Å²) in [6.07, 6.45) is 4.26. The normalized spacial score (nSPS) is 20.2. The van der Waals surface area contributed by atoms with Crippen molar-refractivity contribution in [2.45, 2.75) is 12.8 Å². The maximum atomic E-state index is 5.45. The van der Waals surface area contributed by atoms with E-state index in [-0.39, 0.29) is 0 Å². The third-order valence-corrected chi connectivity index (χ3v) is 3.57. The van der Waals surface area contributed by atoms with Gasteiger partial charge in [-0.05, 0) is 46.8 Å². The Morgan fingerprint density at radius 2 is 2.44 bits per heavy atom. The average Bonchev–Trinajstić information content (AvgIpc) is 2.79. The van der Waals surface area contributed by atoms with Crippen molar-refractivity contribution in [3.8, 4) is 0 Å². The van der Waals surface area contributed by atoms with Crippen LogP contribution in [0.25, 0.3) is 5.65 Å². The molecule has 0 bridgehead atoms. The molecule has 1 N–H and O–H groups in total. The first-order valence-electron chi connectivity index (χ1n) is 6.15. The summed E-state index contributed by atoms with van der Waals surface area (Å²) in [5, 5.41) is 7.67. The fourth-order valence-corrected chi connectivity index (χ4v) is 2.46. The molecule has 1 atom stereocenters. The molecule has 96 valence electrons. The van der Waals surface area contributed by atoms with Crippen molar-refractivity contribution in [2.24, 2.45) is 5.92 Å². The van der Waals surface area contributed by atoms with E-state index in [1.54, 1.807) is 4.52 Å². The van der Waals surface area contributed by atoms with E-state index in [2.05, 4.69) is 31.3 Å². The van der Waals surface area contributed by atoms with Gasteiger partial charge in [0, 0.05) is 23.8 Å². The summed E-state index contributed by atoms with van der Waals surface area (Å²) in [5.74, 6) is 1.25. The predicted octanol–water partition coefficient (Wildman–Crippen LogP) is 2.33. The summed E-state index contributed by atoms with van der Waals surface area (Å²) < 4.78 is 8.21. The van der Waals surface area contributed by atoms with Crippen molar-refractivity contribution in [3.63, 3.8) is 0 Å². The molecule has 1 aliphatic rings. The first kappa shape index (κ1) is 11.9.